The smallest absolute Gasteiger partial charge is 0.251 e. The van der Waals surface area contributed by atoms with Crippen molar-refractivity contribution in [2.24, 2.45) is 23.5 Å². The number of hydrogen-bond acceptors (Lipinski definition) is 4. The second-order valence-electron chi connectivity index (χ2n) is 8.33. The van der Waals surface area contributed by atoms with Crippen LogP contribution in [0, 0.1) is 17.8 Å². The van der Waals surface area contributed by atoms with E-state index in [1.165, 1.54) is 6.07 Å². The van der Waals surface area contributed by atoms with Crippen molar-refractivity contribution in [3.63, 3.8) is 0 Å². The molecule has 0 spiro atoms. The maximum absolute atomic E-state index is 13.1. The van der Waals surface area contributed by atoms with Gasteiger partial charge in [-0.05, 0) is 48.8 Å². The Bertz CT molecular complexity index is 739. The van der Waals surface area contributed by atoms with E-state index in [0.717, 1.165) is 12.8 Å². The lowest BCUT2D eigenvalue weighted by Crippen LogP contribution is -2.42. The van der Waals surface area contributed by atoms with Crippen LogP contribution in [0.3, 0.4) is 0 Å². The minimum absolute atomic E-state index is 0.124. The first-order valence-electron chi connectivity index (χ1n) is 9.74. The van der Waals surface area contributed by atoms with Crippen LogP contribution in [-0.2, 0) is 10.0 Å². The summed E-state index contributed by atoms with van der Waals surface area (Å²) in [5.41, 5.74) is 6.10. The highest BCUT2D eigenvalue weighted by Crippen LogP contribution is 2.27. The number of sulfonamides is 1. The quantitative estimate of drug-likeness (QED) is 0.742. The molecular formula is C20H33N3O3S. The Morgan fingerprint density at radius 2 is 1.89 bits per heavy atom. The van der Waals surface area contributed by atoms with Crippen LogP contribution in [0.4, 0.5) is 0 Å². The zero-order valence-electron chi connectivity index (χ0n) is 16.8. The Kier molecular flexibility index (Phi) is 7.42. The minimum Gasteiger partial charge on any atom is -0.348 e. The lowest BCUT2D eigenvalue weighted by Gasteiger charge is -2.34. The van der Waals surface area contributed by atoms with Crippen LogP contribution in [0.5, 0.6) is 0 Å². The molecule has 0 radical (unpaired) electrons. The van der Waals surface area contributed by atoms with E-state index in [0.29, 0.717) is 43.0 Å². The summed E-state index contributed by atoms with van der Waals surface area (Å²) in [6.07, 6.45) is 1.81. The Balaban J connectivity index is 2.19. The Labute approximate surface area is 163 Å². The molecule has 3 atom stereocenters. The minimum atomic E-state index is -3.61. The van der Waals surface area contributed by atoms with E-state index in [2.05, 4.69) is 33.0 Å². The fraction of sp³-hybridized carbons (Fsp3) is 0.650. The first-order chi connectivity index (χ1) is 12.6. The predicted octanol–water partition coefficient (Wildman–Crippen LogP) is 2.46. The van der Waals surface area contributed by atoms with Crippen molar-refractivity contribution in [1.29, 1.82) is 0 Å². The molecule has 27 heavy (non-hydrogen) atoms. The van der Waals surface area contributed by atoms with Crippen LogP contribution in [-0.4, -0.2) is 44.3 Å². The summed E-state index contributed by atoms with van der Waals surface area (Å²) in [7, 11) is -3.61. The molecule has 3 unspecified atom stereocenters. The Hall–Kier alpha value is -1.44. The summed E-state index contributed by atoms with van der Waals surface area (Å²) in [6.45, 7) is 9.68. The highest BCUT2D eigenvalue weighted by molar-refractivity contribution is 7.89. The number of hydrogen-bond donors (Lipinski definition) is 2. The maximum Gasteiger partial charge on any atom is 0.251 e. The number of nitrogens with two attached hydrogens (primary N) is 1. The van der Waals surface area contributed by atoms with Gasteiger partial charge in [0.25, 0.3) is 5.91 Å². The number of piperidine rings is 1. The number of rotatable bonds is 7. The van der Waals surface area contributed by atoms with Crippen molar-refractivity contribution in [2.45, 2.75) is 51.5 Å². The van der Waals surface area contributed by atoms with Crippen molar-refractivity contribution in [3.8, 4) is 0 Å². The average Bonchev–Trinajstić information content (AvgIpc) is 2.60. The summed E-state index contributed by atoms with van der Waals surface area (Å²) >= 11 is 0. The SMILES string of the molecule is CC(C)CC(CN)NC(=O)c1cccc(S(=O)(=O)N2CC(C)CC(C)C2)c1. The molecule has 0 aromatic heterocycles. The molecule has 0 bridgehead atoms. The highest BCUT2D eigenvalue weighted by Gasteiger charge is 2.32. The molecule has 1 aromatic carbocycles. The summed E-state index contributed by atoms with van der Waals surface area (Å²) in [5, 5.41) is 2.91. The van der Waals surface area contributed by atoms with Gasteiger partial charge in [-0.2, -0.15) is 4.31 Å². The van der Waals surface area contributed by atoms with E-state index < -0.39 is 10.0 Å². The van der Waals surface area contributed by atoms with Crippen molar-refractivity contribution in [2.75, 3.05) is 19.6 Å². The Morgan fingerprint density at radius 3 is 2.44 bits per heavy atom. The number of nitrogens with one attached hydrogen (secondary N) is 1. The maximum atomic E-state index is 13.1. The van der Waals surface area contributed by atoms with Gasteiger partial charge >= 0.3 is 0 Å². The van der Waals surface area contributed by atoms with Gasteiger partial charge in [-0.15, -0.1) is 0 Å². The van der Waals surface area contributed by atoms with E-state index in [1.807, 2.05) is 0 Å². The summed E-state index contributed by atoms with van der Waals surface area (Å²) in [4.78, 5) is 12.8. The molecule has 0 saturated carbocycles. The molecule has 1 amide bonds. The third kappa shape index (κ3) is 5.77. The van der Waals surface area contributed by atoms with Crippen molar-refractivity contribution in [3.05, 3.63) is 29.8 Å². The monoisotopic (exact) mass is 395 g/mol. The fourth-order valence-corrected chi connectivity index (χ4v) is 5.53. The van der Waals surface area contributed by atoms with Crippen LogP contribution in [0.1, 0.15) is 50.9 Å². The number of nitrogens with zero attached hydrogens (tertiary/aromatic N) is 1. The van der Waals surface area contributed by atoms with Crippen LogP contribution in [0.2, 0.25) is 0 Å². The Morgan fingerprint density at radius 1 is 1.26 bits per heavy atom. The number of benzene rings is 1. The van der Waals surface area contributed by atoms with Crippen molar-refractivity contribution in [1.82, 2.24) is 9.62 Å². The zero-order chi connectivity index (χ0) is 20.2. The van der Waals surface area contributed by atoms with Gasteiger partial charge in [-0.3, -0.25) is 4.79 Å². The van der Waals surface area contributed by atoms with Gasteiger partial charge in [0.1, 0.15) is 0 Å². The third-order valence-electron chi connectivity index (χ3n) is 4.95. The lowest BCUT2D eigenvalue weighted by atomic mass is 9.94. The molecule has 3 N–H and O–H groups in total. The number of carbonyl (C=O) groups excluding carboxylic acids is 1. The molecule has 6 nitrogen and oxygen atoms in total. The first-order valence-corrected chi connectivity index (χ1v) is 11.2. The lowest BCUT2D eigenvalue weighted by molar-refractivity contribution is 0.0933. The second-order valence-corrected chi connectivity index (χ2v) is 10.3. The third-order valence-corrected chi connectivity index (χ3v) is 6.77. The molecule has 1 heterocycles. The molecule has 1 aliphatic heterocycles. The first kappa shape index (κ1) is 21.9. The molecular weight excluding hydrogens is 362 g/mol. The van der Waals surface area contributed by atoms with Gasteiger partial charge in [-0.1, -0.05) is 33.8 Å². The summed E-state index contributed by atoms with van der Waals surface area (Å²) in [5.74, 6) is 0.782. The summed E-state index contributed by atoms with van der Waals surface area (Å²) in [6, 6.07) is 6.17. The van der Waals surface area contributed by atoms with E-state index in [1.54, 1.807) is 22.5 Å². The van der Waals surface area contributed by atoms with E-state index in [4.69, 9.17) is 5.73 Å². The van der Waals surface area contributed by atoms with E-state index in [-0.39, 0.29) is 16.8 Å². The van der Waals surface area contributed by atoms with Gasteiger partial charge in [0, 0.05) is 31.2 Å². The molecule has 7 heteroatoms. The molecule has 1 fully saturated rings. The fourth-order valence-electron chi connectivity index (χ4n) is 3.80. The molecule has 2 rings (SSSR count). The topological polar surface area (TPSA) is 92.5 Å². The summed E-state index contributed by atoms with van der Waals surface area (Å²) < 4.78 is 27.6. The van der Waals surface area contributed by atoms with E-state index >= 15 is 0 Å². The molecule has 0 aliphatic carbocycles. The van der Waals surface area contributed by atoms with Crippen LogP contribution < -0.4 is 11.1 Å². The average molecular weight is 396 g/mol. The van der Waals surface area contributed by atoms with Gasteiger partial charge in [0.2, 0.25) is 10.0 Å². The van der Waals surface area contributed by atoms with Gasteiger partial charge < -0.3 is 11.1 Å². The zero-order valence-corrected chi connectivity index (χ0v) is 17.6. The predicted molar refractivity (Wildman–Crippen MR) is 108 cm³/mol. The normalized spacial score (nSPS) is 22.6. The number of carbonyl (C=O) groups is 1. The van der Waals surface area contributed by atoms with Crippen LogP contribution >= 0.6 is 0 Å². The largest absolute Gasteiger partial charge is 0.348 e. The molecule has 1 saturated heterocycles. The second kappa shape index (κ2) is 9.17. The highest BCUT2D eigenvalue weighted by atomic mass is 32.2. The van der Waals surface area contributed by atoms with Crippen LogP contribution in [0.25, 0.3) is 0 Å². The molecule has 1 aliphatic rings. The van der Waals surface area contributed by atoms with E-state index in [9.17, 15) is 13.2 Å². The molecule has 1 aromatic rings. The van der Waals surface area contributed by atoms with Gasteiger partial charge in [0.15, 0.2) is 0 Å². The van der Waals surface area contributed by atoms with Crippen molar-refractivity contribution >= 4 is 15.9 Å². The van der Waals surface area contributed by atoms with Gasteiger partial charge in [0.05, 0.1) is 4.90 Å². The van der Waals surface area contributed by atoms with Crippen molar-refractivity contribution < 1.29 is 13.2 Å². The van der Waals surface area contributed by atoms with Gasteiger partial charge in [-0.25, -0.2) is 8.42 Å². The number of amides is 1. The standard InChI is InChI=1S/C20H33N3O3S/c1-14(2)8-18(11-21)22-20(24)17-6-5-7-19(10-17)27(25,26)23-12-15(3)9-16(4)13-23/h5-7,10,14-16,18H,8-9,11-13,21H2,1-4H3,(H,22,24). The molecule has 152 valence electrons. The van der Waals surface area contributed by atoms with Crippen LogP contribution in [0.15, 0.2) is 29.2 Å².